The van der Waals surface area contributed by atoms with E-state index in [2.05, 4.69) is 20.1 Å². The molecule has 1 heterocycles. The minimum atomic E-state index is -0.742. The Morgan fingerprint density at radius 1 is 1.00 bits per heavy atom. The van der Waals surface area contributed by atoms with Crippen molar-refractivity contribution in [2.75, 3.05) is 28.3 Å². The Morgan fingerprint density at radius 2 is 1.33 bits per heavy atom. The van der Waals surface area contributed by atoms with E-state index in [-0.39, 0.29) is 6.03 Å². The van der Waals surface area contributed by atoms with E-state index in [0.29, 0.717) is 0 Å². The topological polar surface area (TPSA) is 100 Å². The Bertz CT molecular complexity index is 329. The molecule has 4 amide bonds. The molecule has 0 spiro atoms. The predicted molar refractivity (Wildman–Crippen MR) is 59.6 cm³/mol. The molecule has 0 bridgehead atoms. The van der Waals surface area contributed by atoms with Crippen molar-refractivity contribution in [3.05, 3.63) is 0 Å². The fourth-order valence-corrected chi connectivity index (χ4v) is 1.62. The summed E-state index contributed by atoms with van der Waals surface area (Å²) in [5, 5.41) is 4.90. The first-order chi connectivity index (χ1) is 8.42. The maximum atomic E-state index is 11.7. The van der Waals surface area contributed by atoms with Gasteiger partial charge in [0.25, 0.3) is 0 Å². The Labute approximate surface area is 104 Å². The number of hydrogen-bond donors (Lipinski definition) is 2. The summed E-state index contributed by atoms with van der Waals surface area (Å²) < 4.78 is 8.92. The van der Waals surface area contributed by atoms with Gasteiger partial charge in [-0.05, 0) is 0 Å². The summed E-state index contributed by atoms with van der Waals surface area (Å²) in [6, 6.07) is -0.349. The Hall–Kier alpha value is -2.19. The molecule has 9 heteroatoms. The number of nitrogens with one attached hydrogen (secondary N) is 2. The second-order valence-corrected chi connectivity index (χ2v) is 3.67. The van der Waals surface area contributed by atoms with Gasteiger partial charge in [-0.1, -0.05) is 0 Å². The van der Waals surface area contributed by atoms with E-state index in [4.69, 9.17) is 0 Å². The summed E-state index contributed by atoms with van der Waals surface area (Å²) >= 11 is 0. The highest BCUT2D eigenvalue weighted by Crippen LogP contribution is 2.16. The van der Waals surface area contributed by atoms with E-state index in [9.17, 15) is 14.4 Å². The Kier molecular flexibility index (Phi) is 4.18. The lowest BCUT2D eigenvalue weighted by Gasteiger charge is -2.25. The maximum absolute atomic E-state index is 11.7. The molecule has 102 valence electrons. The third kappa shape index (κ3) is 2.55. The first-order valence-corrected chi connectivity index (χ1v) is 5.11. The number of amides is 4. The standard InChI is InChI=1S/C9H16N4O5/c1-12-5(10-7(14)17-3)6(11-8(15)18-4)13(2)9(12)16/h5-6H,1-4H3,(H,10,14)(H,11,15)/t5-,6-/m1/s1. The summed E-state index contributed by atoms with van der Waals surface area (Å²) in [6.07, 6.45) is -2.89. The molecule has 1 saturated heterocycles. The summed E-state index contributed by atoms with van der Waals surface area (Å²) in [5.74, 6) is 0. The van der Waals surface area contributed by atoms with Gasteiger partial charge in [0, 0.05) is 14.1 Å². The zero-order valence-corrected chi connectivity index (χ0v) is 10.6. The SMILES string of the molecule is COC(=O)N[C@H]1[C@H](NC(=O)OC)N(C)C(=O)N1C. The van der Waals surface area contributed by atoms with E-state index >= 15 is 0 Å². The first-order valence-electron chi connectivity index (χ1n) is 5.11. The molecule has 2 atom stereocenters. The molecule has 18 heavy (non-hydrogen) atoms. The Morgan fingerprint density at radius 3 is 1.61 bits per heavy atom. The molecule has 0 unspecified atom stereocenters. The molecule has 0 aliphatic carbocycles. The van der Waals surface area contributed by atoms with Crippen molar-refractivity contribution in [1.82, 2.24) is 20.4 Å². The average molecular weight is 260 g/mol. The van der Waals surface area contributed by atoms with Gasteiger partial charge in [0.15, 0.2) is 0 Å². The van der Waals surface area contributed by atoms with E-state index in [1.165, 1.54) is 38.1 Å². The second-order valence-electron chi connectivity index (χ2n) is 3.67. The van der Waals surface area contributed by atoms with Crippen LogP contribution in [-0.2, 0) is 9.47 Å². The second kappa shape index (κ2) is 5.43. The van der Waals surface area contributed by atoms with Gasteiger partial charge in [-0.25, -0.2) is 14.4 Å². The molecule has 0 aromatic carbocycles. The lowest BCUT2D eigenvalue weighted by molar-refractivity contribution is 0.133. The molecule has 1 aliphatic heterocycles. The molecular formula is C9H16N4O5. The van der Waals surface area contributed by atoms with Crippen LogP contribution in [-0.4, -0.2) is 68.7 Å². The minimum absolute atomic E-state index is 0.349. The number of hydrogen-bond acceptors (Lipinski definition) is 5. The van der Waals surface area contributed by atoms with Gasteiger partial charge >= 0.3 is 18.2 Å². The number of carbonyl (C=O) groups excluding carboxylic acids is 3. The zero-order valence-electron chi connectivity index (χ0n) is 10.6. The third-order valence-electron chi connectivity index (χ3n) is 2.64. The van der Waals surface area contributed by atoms with Crippen molar-refractivity contribution in [3.8, 4) is 0 Å². The van der Waals surface area contributed by atoms with Crippen LogP contribution in [0.4, 0.5) is 14.4 Å². The predicted octanol–water partition coefficient (Wildman–Crippen LogP) is -0.652. The van der Waals surface area contributed by atoms with Gasteiger partial charge in [-0.3, -0.25) is 10.6 Å². The van der Waals surface area contributed by atoms with Crippen LogP contribution in [0, 0.1) is 0 Å². The molecule has 1 rings (SSSR count). The molecule has 0 aromatic rings. The number of alkyl carbamates (subject to hydrolysis) is 2. The summed E-state index contributed by atoms with van der Waals surface area (Å²) in [4.78, 5) is 36.7. The summed E-state index contributed by atoms with van der Waals surface area (Å²) in [5.41, 5.74) is 0. The van der Waals surface area contributed by atoms with Crippen molar-refractivity contribution in [2.24, 2.45) is 0 Å². The van der Waals surface area contributed by atoms with Crippen LogP contribution in [0.25, 0.3) is 0 Å². The van der Waals surface area contributed by atoms with Crippen molar-refractivity contribution in [1.29, 1.82) is 0 Å². The first kappa shape index (κ1) is 13.9. The van der Waals surface area contributed by atoms with Crippen LogP contribution in [0.5, 0.6) is 0 Å². The molecular weight excluding hydrogens is 244 g/mol. The van der Waals surface area contributed by atoms with E-state index < -0.39 is 24.5 Å². The number of ether oxygens (including phenoxy) is 2. The third-order valence-corrected chi connectivity index (χ3v) is 2.64. The van der Waals surface area contributed by atoms with Crippen LogP contribution < -0.4 is 10.6 Å². The molecule has 1 aliphatic rings. The average Bonchev–Trinajstić information content (AvgIpc) is 2.56. The van der Waals surface area contributed by atoms with Crippen molar-refractivity contribution < 1.29 is 23.9 Å². The number of rotatable bonds is 2. The van der Waals surface area contributed by atoms with Gasteiger partial charge in [0.05, 0.1) is 14.2 Å². The van der Waals surface area contributed by atoms with Gasteiger partial charge in [0.1, 0.15) is 12.3 Å². The molecule has 0 aromatic heterocycles. The Balaban J connectivity index is 2.84. The monoisotopic (exact) mass is 260 g/mol. The van der Waals surface area contributed by atoms with Crippen LogP contribution in [0.15, 0.2) is 0 Å². The maximum Gasteiger partial charge on any atom is 0.408 e. The number of urea groups is 1. The zero-order chi connectivity index (χ0) is 13.9. The number of nitrogens with zero attached hydrogens (tertiary/aromatic N) is 2. The lowest BCUT2D eigenvalue weighted by atomic mass is 10.3. The summed E-state index contributed by atoms with van der Waals surface area (Å²) in [6.45, 7) is 0. The van der Waals surface area contributed by atoms with Crippen molar-refractivity contribution >= 4 is 18.2 Å². The highest BCUT2D eigenvalue weighted by atomic mass is 16.5. The largest absolute Gasteiger partial charge is 0.453 e. The van der Waals surface area contributed by atoms with Gasteiger partial charge < -0.3 is 19.3 Å². The van der Waals surface area contributed by atoms with Gasteiger partial charge in [-0.2, -0.15) is 0 Å². The molecule has 0 radical (unpaired) electrons. The quantitative estimate of drug-likeness (QED) is 0.687. The van der Waals surface area contributed by atoms with Gasteiger partial charge in [0.2, 0.25) is 0 Å². The van der Waals surface area contributed by atoms with Crippen molar-refractivity contribution in [3.63, 3.8) is 0 Å². The minimum Gasteiger partial charge on any atom is -0.453 e. The van der Waals surface area contributed by atoms with Crippen LogP contribution in [0.2, 0.25) is 0 Å². The van der Waals surface area contributed by atoms with E-state index in [1.807, 2.05) is 0 Å². The normalized spacial score (nSPS) is 22.8. The molecule has 2 N–H and O–H groups in total. The van der Waals surface area contributed by atoms with E-state index in [1.54, 1.807) is 0 Å². The fraction of sp³-hybridized carbons (Fsp3) is 0.667. The van der Waals surface area contributed by atoms with Crippen LogP contribution >= 0.6 is 0 Å². The van der Waals surface area contributed by atoms with Crippen LogP contribution in [0.1, 0.15) is 0 Å². The number of methoxy groups -OCH3 is 2. The van der Waals surface area contributed by atoms with Crippen LogP contribution in [0.3, 0.4) is 0 Å². The van der Waals surface area contributed by atoms with Gasteiger partial charge in [-0.15, -0.1) is 0 Å². The molecule has 9 nitrogen and oxygen atoms in total. The molecule has 0 saturated carbocycles. The number of carbonyl (C=O) groups is 3. The highest BCUT2D eigenvalue weighted by Gasteiger charge is 2.44. The smallest absolute Gasteiger partial charge is 0.408 e. The lowest BCUT2D eigenvalue weighted by Crippen LogP contribution is -2.56. The van der Waals surface area contributed by atoms with E-state index in [0.717, 1.165) is 0 Å². The summed E-state index contributed by atoms with van der Waals surface area (Å²) in [7, 11) is 5.41. The van der Waals surface area contributed by atoms with Crippen molar-refractivity contribution in [2.45, 2.75) is 12.3 Å². The highest BCUT2D eigenvalue weighted by molar-refractivity contribution is 5.80. The number of likely N-dealkylation sites (N-methyl/N-ethyl adjacent to an activating group) is 2. The molecule has 1 fully saturated rings. The fourth-order valence-electron chi connectivity index (χ4n) is 1.62.